The molecule has 1 unspecified atom stereocenters. The topological polar surface area (TPSA) is 108 Å². The van der Waals surface area contributed by atoms with Crippen LogP contribution in [0.3, 0.4) is 0 Å². The molecule has 2 aromatic carbocycles. The molecule has 1 spiro atoms. The van der Waals surface area contributed by atoms with E-state index in [0.717, 1.165) is 55.2 Å². The van der Waals surface area contributed by atoms with Gasteiger partial charge in [0.05, 0.1) is 11.1 Å². The molecule has 2 saturated heterocycles. The van der Waals surface area contributed by atoms with Crippen molar-refractivity contribution in [2.24, 2.45) is 0 Å². The number of hydrogen-bond donors (Lipinski definition) is 2. The van der Waals surface area contributed by atoms with Crippen LogP contribution in [-0.2, 0) is 22.7 Å². The Morgan fingerprint density at radius 2 is 1.78 bits per heavy atom. The number of fused-ring (bicyclic) bond motifs is 2. The van der Waals surface area contributed by atoms with Crippen LogP contribution in [0, 0.1) is 0 Å². The Morgan fingerprint density at radius 1 is 0.972 bits per heavy atom. The Bertz CT molecular complexity index is 1270. The van der Waals surface area contributed by atoms with E-state index < -0.39 is 23.8 Å². The Labute approximate surface area is 208 Å². The first-order valence-electron chi connectivity index (χ1n) is 12.5. The Morgan fingerprint density at radius 3 is 2.58 bits per heavy atom. The van der Waals surface area contributed by atoms with Crippen molar-refractivity contribution in [3.63, 3.8) is 0 Å². The lowest BCUT2D eigenvalue weighted by Gasteiger charge is -2.41. The molecule has 2 fully saturated rings. The van der Waals surface area contributed by atoms with Crippen LogP contribution in [0.5, 0.6) is 5.75 Å². The molecule has 9 nitrogen and oxygen atoms in total. The van der Waals surface area contributed by atoms with Crippen molar-refractivity contribution in [1.82, 2.24) is 20.4 Å². The summed E-state index contributed by atoms with van der Waals surface area (Å²) in [6, 6.07) is 12.5. The second kappa shape index (κ2) is 8.83. The normalized spacial score (nSPS) is 23.7. The van der Waals surface area contributed by atoms with Gasteiger partial charge in [-0.25, -0.2) is 0 Å². The Hall–Kier alpha value is -3.56. The minimum Gasteiger partial charge on any atom is -0.486 e. The number of ether oxygens (including phenoxy) is 1. The molecule has 0 aromatic heterocycles. The zero-order chi connectivity index (χ0) is 24.9. The zero-order valence-corrected chi connectivity index (χ0v) is 19.9. The standard InChI is InChI=1S/C27H28N4O5/c32-22-9-8-20(24(33)29-22)31-25(34)19-6-3-5-18(23(19)26(31)35)15-30-12-10-27(11-13-30)16-28-14-17-4-1-2-7-21(17)36-27/h1-7,20,28H,8-16H2,(H,29,32,33). The summed E-state index contributed by atoms with van der Waals surface area (Å²) >= 11 is 0. The van der Waals surface area contributed by atoms with Crippen molar-refractivity contribution in [2.75, 3.05) is 19.6 Å². The number of nitrogens with one attached hydrogen (secondary N) is 2. The molecule has 36 heavy (non-hydrogen) atoms. The number of hydrogen-bond acceptors (Lipinski definition) is 7. The van der Waals surface area contributed by atoms with Crippen LogP contribution in [0.2, 0.25) is 0 Å². The Balaban J connectivity index is 1.17. The molecule has 0 saturated carbocycles. The van der Waals surface area contributed by atoms with Gasteiger partial charge in [-0.1, -0.05) is 30.3 Å². The van der Waals surface area contributed by atoms with Gasteiger partial charge in [-0.2, -0.15) is 0 Å². The molecule has 2 N–H and O–H groups in total. The third kappa shape index (κ3) is 3.88. The van der Waals surface area contributed by atoms with Gasteiger partial charge in [-0.3, -0.25) is 34.3 Å². The minimum absolute atomic E-state index is 0.105. The molecule has 9 heteroatoms. The van der Waals surface area contributed by atoms with Gasteiger partial charge in [0.25, 0.3) is 11.8 Å². The van der Waals surface area contributed by atoms with Crippen LogP contribution < -0.4 is 15.4 Å². The average molecular weight is 489 g/mol. The van der Waals surface area contributed by atoms with Gasteiger partial charge in [0.2, 0.25) is 11.8 Å². The fourth-order valence-corrected chi connectivity index (χ4v) is 5.80. The van der Waals surface area contributed by atoms with Crippen LogP contribution in [0.25, 0.3) is 0 Å². The second-order valence-corrected chi connectivity index (χ2v) is 10.1. The lowest BCUT2D eigenvalue weighted by molar-refractivity contribution is -0.136. The minimum atomic E-state index is -0.958. The molecule has 0 radical (unpaired) electrons. The number of carbonyl (C=O) groups is 4. The van der Waals surface area contributed by atoms with Gasteiger partial charge in [0.15, 0.2) is 0 Å². The molecule has 0 bridgehead atoms. The van der Waals surface area contributed by atoms with Crippen LogP contribution in [0.1, 0.15) is 57.5 Å². The van der Waals surface area contributed by atoms with E-state index in [9.17, 15) is 19.2 Å². The maximum atomic E-state index is 13.4. The van der Waals surface area contributed by atoms with E-state index in [1.165, 1.54) is 5.56 Å². The smallest absolute Gasteiger partial charge is 0.262 e. The molecule has 4 aliphatic heterocycles. The molecule has 186 valence electrons. The van der Waals surface area contributed by atoms with Gasteiger partial charge in [-0.15, -0.1) is 0 Å². The molecule has 4 amide bonds. The highest BCUT2D eigenvalue weighted by Crippen LogP contribution is 2.35. The number of carbonyl (C=O) groups excluding carboxylic acids is 4. The summed E-state index contributed by atoms with van der Waals surface area (Å²) < 4.78 is 6.53. The van der Waals surface area contributed by atoms with E-state index in [2.05, 4.69) is 21.6 Å². The van der Waals surface area contributed by atoms with Crippen LogP contribution >= 0.6 is 0 Å². The molecule has 6 rings (SSSR count). The monoisotopic (exact) mass is 488 g/mol. The molecular weight excluding hydrogens is 460 g/mol. The number of likely N-dealkylation sites (tertiary alicyclic amines) is 1. The van der Waals surface area contributed by atoms with E-state index in [0.29, 0.717) is 17.7 Å². The van der Waals surface area contributed by atoms with Crippen molar-refractivity contribution >= 4 is 23.6 Å². The number of para-hydroxylation sites is 1. The maximum Gasteiger partial charge on any atom is 0.262 e. The molecule has 1 atom stereocenters. The largest absolute Gasteiger partial charge is 0.486 e. The number of rotatable bonds is 3. The predicted octanol–water partition coefficient (Wildman–Crippen LogP) is 1.60. The number of nitrogens with zero attached hydrogens (tertiary/aromatic N) is 2. The first kappa shape index (κ1) is 22.9. The van der Waals surface area contributed by atoms with Gasteiger partial charge in [-0.05, 0) is 24.1 Å². The lowest BCUT2D eigenvalue weighted by atomic mass is 9.90. The van der Waals surface area contributed by atoms with Crippen LogP contribution in [0.4, 0.5) is 0 Å². The zero-order valence-electron chi connectivity index (χ0n) is 19.9. The SMILES string of the molecule is O=C1CCC(N2C(=O)c3cccc(CN4CCC5(CC4)CNCc4ccccc4O5)c3C2=O)C(=O)N1. The van der Waals surface area contributed by atoms with E-state index in [1.54, 1.807) is 12.1 Å². The molecule has 2 aromatic rings. The summed E-state index contributed by atoms with van der Waals surface area (Å²) in [6.07, 6.45) is 1.95. The predicted molar refractivity (Wildman–Crippen MR) is 129 cm³/mol. The van der Waals surface area contributed by atoms with E-state index in [4.69, 9.17) is 4.74 Å². The van der Waals surface area contributed by atoms with E-state index >= 15 is 0 Å². The molecule has 0 aliphatic carbocycles. The van der Waals surface area contributed by atoms with E-state index in [1.807, 2.05) is 24.3 Å². The summed E-state index contributed by atoms with van der Waals surface area (Å²) in [7, 11) is 0. The van der Waals surface area contributed by atoms with Gasteiger partial charge in [0.1, 0.15) is 17.4 Å². The third-order valence-corrected chi connectivity index (χ3v) is 7.78. The van der Waals surface area contributed by atoms with Gasteiger partial charge < -0.3 is 10.1 Å². The number of imide groups is 2. The maximum absolute atomic E-state index is 13.4. The van der Waals surface area contributed by atoms with Crippen molar-refractivity contribution < 1.29 is 23.9 Å². The summed E-state index contributed by atoms with van der Waals surface area (Å²) in [5, 5.41) is 5.77. The number of piperidine rings is 2. The average Bonchev–Trinajstić information content (AvgIpc) is 3.01. The highest BCUT2D eigenvalue weighted by molar-refractivity contribution is 6.24. The van der Waals surface area contributed by atoms with Crippen molar-refractivity contribution in [2.45, 2.75) is 50.4 Å². The first-order valence-corrected chi connectivity index (χ1v) is 12.5. The quantitative estimate of drug-likeness (QED) is 0.632. The fraction of sp³-hybridized carbons (Fsp3) is 0.407. The number of benzene rings is 2. The van der Waals surface area contributed by atoms with E-state index in [-0.39, 0.29) is 24.3 Å². The first-order chi connectivity index (χ1) is 17.4. The van der Waals surface area contributed by atoms with Crippen molar-refractivity contribution in [1.29, 1.82) is 0 Å². The molecular formula is C27H28N4O5. The number of amides is 4. The van der Waals surface area contributed by atoms with Gasteiger partial charge >= 0.3 is 0 Å². The summed E-state index contributed by atoms with van der Waals surface area (Å²) in [5.41, 5.74) is 2.37. The van der Waals surface area contributed by atoms with Crippen molar-refractivity contribution in [3.05, 3.63) is 64.7 Å². The fourth-order valence-electron chi connectivity index (χ4n) is 5.80. The molecule has 4 aliphatic rings. The second-order valence-electron chi connectivity index (χ2n) is 10.1. The summed E-state index contributed by atoms with van der Waals surface area (Å²) in [4.78, 5) is 53.7. The Kier molecular flexibility index (Phi) is 5.61. The molecule has 4 heterocycles. The third-order valence-electron chi connectivity index (χ3n) is 7.78. The van der Waals surface area contributed by atoms with Gasteiger partial charge in [0, 0.05) is 57.5 Å². The van der Waals surface area contributed by atoms with Crippen LogP contribution in [-0.4, -0.2) is 64.7 Å². The lowest BCUT2D eigenvalue weighted by Crippen LogP contribution is -2.54. The van der Waals surface area contributed by atoms with Crippen LogP contribution in [0.15, 0.2) is 42.5 Å². The highest BCUT2D eigenvalue weighted by Gasteiger charge is 2.46. The van der Waals surface area contributed by atoms with Crippen molar-refractivity contribution in [3.8, 4) is 5.75 Å². The highest BCUT2D eigenvalue weighted by atomic mass is 16.5. The summed E-state index contributed by atoms with van der Waals surface area (Å²) in [5.74, 6) is -0.966. The summed E-state index contributed by atoms with van der Waals surface area (Å²) in [6.45, 7) is 3.70.